The number of imidazole rings is 1. The maximum atomic E-state index is 11.5. The van der Waals surface area contributed by atoms with E-state index in [1.165, 1.54) is 6.07 Å². The Morgan fingerprint density at radius 3 is 2.70 bits per heavy atom. The van der Waals surface area contributed by atoms with Crippen LogP contribution in [0.5, 0.6) is 0 Å². The summed E-state index contributed by atoms with van der Waals surface area (Å²) in [5.74, 6) is 0.434. The molecule has 0 amide bonds. The highest BCUT2D eigenvalue weighted by Gasteiger charge is 2.26. The largest absolute Gasteiger partial charge is 0.392 e. The summed E-state index contributed by atoms with van der Waals surface area (Å²) < 4.78 is 13.0. The number of hydrogen-bond donors (Lipinski definition) is 1. The minimum atomic E-state index is -0.647. The van der Waals surface area contributed by atoms with Gasteiger partial charge >= 0.3 is 0 Å². The van der Waals surface area contributed by atoms with E-state index in [0.29, 0.717) is 30.1 Å². The number of nitrogens with zero attached hydrogens (tertiary/aromatic N) is 3. The van der Waals surface area contributed by atoms with Crippen LogP contribution in [-0.2, 0) is 16.0 Å². The van der Waals surface area contributed by atoms with Gasteiger partial charge in [0, 0.05) is 11.6 Å². The molecule has 0 saturated carbocycles. The smallest absolute Gasteiger partial charge is 0.280 e. The van der Waals surface area contributed by atoms with Crippen LogP contribution in [0, 0.1) is 10.1 Å². The summed E-state index contributed by atoms with van der Waals surface area (Å²) in [7, 11) is 0. The van der Waals surface area contributed by atoms with Gasteiger partial charge in [-0.05, 0) is 19.1 Å². The second kappa shape index (κ2) is 7.07. The summed E-state index contributed by atoms with van der Waals surface area (Å²) >= 11 is 0. The van der Waals surface area contributed by atoms with Crippen LogP contribution >= 0.6 is 0 Å². The van der Waals surface area contributed by atoms with Gasteiger partial charge in [0.1, 0.15) is 5.82 Å². The average molecular weight is 369 g/mol. The van der Waals surface area contributed by atoms with Gasteiger partial charge in [-0.2, -0.15) is 0 Å². The molecule has 1 fully saturated rings. The van der Waals surface area contributed by atoms with Crippen molar-refractivity contribution in [1.29, 1.82) is 0 Å². The van der Waals surface area contributed by atoms with Gasteiger partial charge in [-0.25, -0.2) is 4.98 Å². The topological polar surface area (TPSA) is 99.7 Å². The van der Waals surface area contributed by atoms with Gasteiger partial charge in [0.05, 0.1) is 47.4 Å². The molecule has 1 aromatic heterocycles. The molecule has 1 saturated heterocycles. The molecule has 0 unspecified atom stereocenters. The molecule has 0 spiro atoms. The van der Waals surface area contributed by atoms with E-state index in [-0.39, 0.29) is 12.2 Å². The lowest BCUT2D eigenvalue weighted by Crippen LogP contribution is -2.13. The maximum absolute atomic E-state index is 11.5. The molecule has 3 aromatic rings. The average Bonchev–Trinajstić information content (AvgIpc) is 3.30. The van der Waals surface area contributed by atoms with Crippen LogP contribution in [0.1, 0.15) is 18.8 Å². The van der Waals surface area contributed by atoms with Gasteiger partial charge < -0.3 is 19.1 Å². The Balaban J connectivity index is 1.97. The predicted molar refractivity (Wildman–Crippen MR) is 98.1 cm³/mol. The first-order valence-electron chi connectivity index (χ1n) is 8.70. The SMILES string of the molecule is C[C@H](O)Cn1c(-c2ccccc2[N+](=O)[O-])nc2c(C3OCCO3)cccc21. The number of nitro groups is 1. The molecule has 8 nitrogen and oxygen atoms in total. The van der Waals surface area contributed by atoms with Crippen molar-refractivity contribution in [2.24, 2.45) is 0 Å². The fourth-order valence-corrected chi connectivity index (χ4v) is 3.37. The number of rotatable bonds is 5. The molecule has 0 aliphatic carbocycles. The van der Waals surface area contributed by atoms with Crippen molar-refractivity contribution in [3.05, 3.63) is 58.1 Å². The van der Waals surface area contributed by atoms with Crippen LogP contribution in [0.4, 0.5) is 5.69 Å². The van der Waals surface area contributed by atoms with Gasteiger partial charge in [0.2, 0.25) is 0 Å². The number of benzene rings is 2. The van der Waals surface area contributed by atoms with Gasteiger partial charge in [-0.15, -0.1) is 0 Å². The molecule has 8 heteroatoms. The van der Waals surface area contributed by atoms with Crippen molar-refractivity contribution < 1.29 is 19.5 Å². The van der Waals surface area contributed by atoms with Crippen molar-refractivity contribution in [2.45, 2.75) is 25.9 Å². The third-order valence-corrected chi connectivity index (χ3v) is 4.47. The van der Waals surface area contributed by atoms with Crippen LogP contribution in [0.15, 0.2) is 42.5 Å². The Hall–Kier alpha value is -2.81. The lowest BCUT2D eigenvalue weighted by molar-refractivity contribution is -0.384. The molecule has 0 radical (unpaired) electrons. The van der Waals surface area contributed by atoms with E-state index in [9.17, 15) is 15.2 Å². The number of nitro benzene ring substituents is 1. The molecule has 4 rings (SSSR count). The Kier molecular flexibility index (Phi) is 4.61. The third-order valence-electron chi connectivity index (χ3n) is 4.47. The van der Waals surface area contributed by atoms with Crippen molar-refractivity contribution in [1.82, 2.24) is 9.55 Å². The normalized spacial score (nSPS) is 16.1. The minimum Gasteiger partial charge on any atom is -0.392 e. The number of aromatic nitrogens is 2. The van der Waals surface area contributed by atoms with E-state index in [4.69, 9.17) is 14.5 Å². The first kappa shape index (κ1) is 17.6. The minimum absolute atomic E-state index is 0.0328. The van der Waals surface area contributed by atoms with E-state index in [0.717, 1.165) is 11.1 Å². The Morgan fingerprint density at radius 1 is 1.26 bits per heavy atom. The summed E-state index contributed by atoms with van der Waals surface area (Å²) in [6.45, 7) is 2.94. The monoisotopic (exact) mass is 369 g/mol. The fraction of sp³-hybridized carbons (Fsp3) is 0.316. The van der Waals surface area contributed by atoms with Crippen LogP contribution < -0.4 is 0 Å². The lowest BCUT2D eigenvalue weighted by atomic mass is 10.1. The lowest BCUT2D eigenvalue weighted by Gasteiger charge is -2.12. The Labute approximate surface area is 155 Å². The van der Waals surface area contributed by atoms with Crippen LogP contribution in [-0.4, -0.2) is 38.9 Å². The van der Waals surface area contributed by atoms with E-state index in [2.05, 4.69) is 0 Å². The number of fused-ring (bicyclic) bond motifs is 1. The van der Waals surface area contributed by atoms with Gasteiger partial charge in [-0.1, -0.05) is 24.3 Å². The van der Waals surface area contributed by atoms with E-state index in [1.807, 2.05) is 18.2 Å². The standard InChI is InChI=1S/C19H19N3O5/c1-12(23)11-21-16-8-4-6-14(19-26-9-10-27-19)17(16)20-18(21)13-5-2-3-7-15(13)22(24)25/h2-8,12,19,23H,9-11H2,1H3/t12-/m0/s1. The zero-order valence-corrected chi connectivity index (χ0v) is 14.7. The van der Waals surface area contributed by atoms with Gasteiger partial charge in [0.15, 0.2) is 6.29 Å². The van der Waals surface area contributed by atoms with Gasteiger partial charge in [-0.3, -0.25) is 10.1 Å². The highest BCUT2D eigenvalue weighted by Crippen LogP contribution is 2.35. The van der Waals surface area contributed by atoms with E-state index in [1.54, 1.807) is 29.7 Å². The molecule has 1 N–H and O–H groups in total. The van der Waals surface area contributed by atoms with Crippen molar-refractivity contribution in [3.63, 3.8) is 0 Å². The summed E-state index contributed by atoms with van der Waals surface area (Å²) in [6.07, 6.45) is -1.16. The molecule has 140 valence electrons. The molecule has 0 bridgehead atoms. The van der Waals surface area contributed by atoms with Crippen molar-refractivity contribution in [2.75, 3.05) is 13.2 Å². The number of para-hydroxylation sites is 2. The molecule has 2 heterocycles. The van der Waals surface area contributed by atoms with E-state index < -0.39 is 17.3 Å². The zero-order valence-electron chi connectivity index (χ0n) is 14.7. The Bertz CT molecular complexity index is 992. The quantitative estimate of drug-likeness (QED) is 0.548. The second-order valence-electron chi connectivity index (χ2n) is 6.46. The molecule has 1 aliphatic heterocycles. The molecule has 27 heavy (non-hydrogen) atoms. The maximum Gasteiger partial charge on any atom is 0.280 e. The summed E-state index contributed by atoms with van der Waals surface area (Å²) in [4.78, 5) is 15.8. The number of hydrogen-bond acceptors (Lipinski definition) is 6. The zero-order chi connectivity index (χ0) is 19.0. The van der Waals surface area contributed by atoms with Crippen molar-refractivity contribution >= 4 is 16.7 Å². The van der Waals surface area contributed by atoms with E-state index >= 15 is 0 Å². The fourth-order valence-electron chi connectivity index (χ4n) is 3.37. The van der Waals surface area contributed by atoms with Crippen LogP contribution in [0.3, 0.4) is 0 Å². The molecule has 2 aromatic carbocycles. The molecule has 1 atom stereocenters. The summed E-state index contributed by atoms with van der Waals surface area (Å²) in [6, 6.07) is 12.1. The van der Waals surface area contributed by atoms with Crippen LogP contribution in [0.2, 0.25) is 0 Å². The predicted octanol–water partition coefficient (Wildman–Crippen LogP) is 3.04. The van der Waals surface area contributed by atoms with Crippen LogP contribution in [0.25, 0.3) is 22.4 Å². The molecular formula is C19H19N3O5. The molecule has 1 aliphatic rings. The first-order chi connectivity index (χ1) is 13.1. The number of aliphatic hydroxyl groups excluding tert-OH is 1. The highest BCUT2D eigenvalue weighted by molar-refractivity contribution is 5.85. The second-order valence-corrected chi connectivity index (χ2v) is 6.46. The number of aliphatic hydroxyl groups is 1. The Morgan fingerprint density at radius 2 is 2.00 bits per heavy atom. The third kappa shape index (κ3) is 3.18. The number of ether oxygens (including phenoxy) is 2. The highest BCUT2D eigenvalue weighted by atomic mass is 16.7. The first-order valence-corrected chi connectivity index (χ1v) is 8.70. The van der Waals surface area contributed by atoms with Gasteiger partial charge in [0.25, 0.3) is 5.69 Å². The summed E-state index contributed by atoms with van der Waals surface area (Å²) in [5.41, 5.74) is 2.56. The summed E-state index contributed by atoms with van der Waals surface area (Å²) in [5, 5.41) is 21.5. The molecular weight excluding hydrogens is 350 g/mol. The van der Waals surface area contributed by atoms with Crippen molar-refractivity contribution in [3.8, 4) is 11.4 Å².